The largest absolute Gasteiger partial charge is 0.508 e. The van der Waals surface area contributed by atoms with Crippen LogP contribution in [0.3, 0.4) is 0 Å². The first-order valence-corrected chi connectivity index (χ1v) is 7.99. The second-order valence-corrected chi connectivity index (χ2v) is 6.51. The Balaban J connectivity index is 0.00000208. The van der Waals surface area contributed by atoms with Crippen LogP contribution in [0.2, 0.25) is 0 Å². The molecule has 0 aromatic heterocycles. The SMILES string of the molecule is CN(C)CC1=C(Cc2cccc(O)c2)c2ccc(O)cc2CC1.Cl. The Labute approximate surface area is 149 Å². The molecule has 0 atom stereocenters. The van der Waals surface area contributed by atoms with Crippen molar-refractivity contribution in [3.05, 3.63) is 64.7 Å². The molecule has 0 saturated carbocycles. The van der Waals surface area contributed by atoms with Crippen molar-refractivity contribution in [3.8, 4) is 11.5 Å². The summed E-state index contributed by atoms with van der Waals surface area (Å²) >= 11 is 0. The Morgan fingerprint density at radius 1 is 0.958 bits per heavy atom. The maximum atomic E-state index is 9.75. The zero-order valence-corrected chi connectivity index (χ0v) is 14.9. The van der Waals surface area contributed by atoms with Crippen LogP contribution in [-0.4, -0.2) is 35.8 Å². The fourth-order valence-electron chi connectivity index (χ4n) is 3.36. The molecule has 0 saturated heterocycles. The minimum Gasteiger partial charge on any atom is -0.508 e. The quantitative estimate of drug-likeness (QED) is 0.879. The number of likely N-dealkylation sites (N-methyl/N-ethyl adjacent to an activating group) is 1. The number of phenolic OH excluding ortho intramolecular Hbond substituents is 2. The molecule has 1 aliphatic carbocycles. The summed E-state index contributed by atoms with van der Waals surface area (Å²) in [7, 11) is 4.18. The summed E-state index contributed by atoms with van der Waals surface area (Å²) < 4.78 is 0. The molecular formula is C20H24ClNO2. The van der Waals surface area contributed by atoms with Crippen molar-refractivity contribution in [1.29, 1.82) is 0 Å². The number of benzene rings is 2. The lowest BCUT2D eigenvalue weighted by Crippen LogP contribution is -2.19. The van der Waals surface area contributed by atoms with Gasteiger partial charge in [0.2, 0.25) is 0 Å². The number of rotatable bonds is 4. The number of hydrogen-bond acceptors (Lipinski definition) is 3. The predicted octanol–water partition coefficient (Wildman–Crippen LogP) is 4.02. The van der Waals surface area contributed by atoms with E-state index in [4.69, 9.17) is 0 Å². The molecule has 0 radical (unpaired) electrons. The first kappa shape index (κ1) is 18.4. The summed E-state index contributed by atoms with van der Waals surface area (Å²) in [5, 5.41) is 19.5. The molecule has 0 aliphatic heterocycles. The lowest BCUT2D eigenvalue weighted by atomic mass is 9.82. The highest BCUT2D eigenvalue weighted by atomic mass is 35.5. The van der Waals surface area contributed by atoms with Gasteiger partial charge in [-0.1, -0.05) is 23.8 Å². The van der Waals surface area contributed by atoms with Gasteiger partial charge >= 0.3 is 0 Å². The molecule has 0 bridgehead atoms. The molecule has 2 N–H and O–H groups in total. The highest BCUT2D eigenvalue weighted by Gasteiger charge is 2.20. The third kappa shape index (κ3) is 4.11. The van der Waals surface area contributed by atoms with Crippen LogP contribution in [-0.2, 0) is 12.8 Å². The average molecular weight is 346 g/mol. The summed E-state index contributed by atoms with van der Waals surface area (Å²) in [6.07, 6.45) is 2.79. The van der Waals surface area contributed by atoms with Gasteiger partial charge in [0.05, 0.1) is 0 Å². The highest BCUT2D eigenvalue weighted by Crippen LogP contribution is 2.36. The van der Waals surface area contributed by atoms with E-state index < -0.39 is 0 Å². The van der Waals surface area contributed by atoms with E-state index >= 15 is 0 Å². The Hall–Kier alpha value is -1.97. The predicted molar refractivity (Wildman–Crippen MR) is 101 cm³/mol. The van der Waals surface area contributed by atoms with Gasteiger partial charge < -0.3 is 15.1 Å². The van der Waals surface area contributed by atoms with Crippen molar-refractivity contribution in [2.45, 2.75) is 19.3 Å². The van der Waals surface area contributed by atoms with Gasteiger partial charge in [0.15, 0.2) is 0 Å². The number of nitrogens with zero attached hydrogens (tertiary/aromatic N) is 1. The fraction of sp³-hybridized carbons (Fsp3) is 0.300. The zero-order chi connectivity index (χ0) is 16.4. The third-order valence-electron chi connectivity index (χ3n) is 4.34. The van der Waals surface area contributed by atoms with Gasteiger partial charge in [0, 0.05) is 6.54 Å². The van der Waals surface area contributed by atoms with Gasteiger partial charge in [-0.2, -0.15) is 0 Å². The van der Waals surface area contributed by atoms with Crippen molar-refractivity contribution in [3.63, 3.8) is 0 Å². The van der Waals surface area contributed by atoms with Crippen LogP contribution in [0.1, 0.15) is 23.1 Å². The van der Waals surface area contributed by atoms with Gasteiger partial charge in [-0.3, -0.25) is 0 Å². The molecule has 128 valence electrons. The smallest absolute Gasteiger partial charge is 0.115 e. The Morgan fingerprint density at radius 3 is 2.42 bits per heavy atom. The summed E-state index contributed by atoms with van der Waals surface area (Å²) in [6.45, 7) is 0.939. The second kappa shape index (κ2) is 7.73. The van der Waals surface area contributed by atoms with Crippen LogP contribution in [0.4, 0.5) is 0 Å². The van der Waals surface area contributed by atoms with Gasteiger partial charge in [-0.25, -0.2) is 0 Å². The monoisotopic (exact) mass is 345 g/mol. The molecule has 0 spiro atoms. The normalized spacial score (nSPS) is 13.6. The third-order valence-corrected chi connectivity index (χ3v) is 4.34. The van der Waals surface area contributed by atoms with E-state index in [-0.39, 0.29) is 12.4 Å². The van der Waals surface area contributed by atoms with Crippen molar-refractivity contribution in [2.24, 2.45) is 0 Å². The van der Waals surface area contributed by atoms with E-state index in [9.17, 15) is 10.2 Å². The average Bonchev–Trinajstić information content (AvgIpc) is 2.49. The Kier molecular flexibility index (Phi) is 5.92. The van der Waals surface area contributed by atoms with E-state index in [2.05, 4.69) is 25.1 Å². The minimum absolute atomic E-state index is 0. The van der Waals surface area contributed by atoms with Crippen LogP contribution in [0, 0.1) is 0 Å². The Morgan fingerprint density at radius 2 is 1.71 bits per heavy atom. The second-order valence-electron chi connectivity index (χ2n) is 6.51. The van der Waals surface area contributed by atoms with Gasteiger partial charge in [-0.05, 0) is 79.9 Å². The van der Waals surface area contributed by atoms with Crippen LogP contribution >= 0.6 is 12.4 Å². The lowest BCUT2D eigenvalue weighted by molar-refractivity contribution is 0.438. The summed E-state index contributed by atoms with van der Waals surface area (Å²) in [5.41, 5.74) is 6.32. The molecular weight excluding hydrogens is 322 g/mol. The fourth-order valence-corrected chi connectivity index (χ4v) is 3.36. The van der Waals surface area contributed by atoms with E-state index in [0.29, 0.717) is 11.5 Å². The number of phenols is 2. The molecule has 2 aromatic rings. The van der Waals surface area contributed by atoms with E-state index in [1.807, 2.05) is 24.3 Å². The van der Waals surface area contributed by atoms with Crippen molar-refractivity contribution in [2.75, 3.05) is 20.6 Å². The van der Waals surface area contributed by atoms with E-state index in [1.54, 1.807) is 12.1 Å². The highest BCUT2D eigenvalue weighted by molar-refractivity contribution is 5.85. The maximum absolute atomic E-state index is 9.75. The van der Waals surface area contributed by atoms with Gasteiger partial charge in [0.25, 0.3) is 0 Å². The molecule has 3 nitrogen and oxygen atoms in total. The first-order valence-electron chi connectivity index (χ1n) is 7.99. The lowest BCUT2D eigenvalue weighted by Gasteiger charge is -2.26. The van der Waals surface area contributed by atoms with Crippen LogP contribution < -0.4 is 0 Å². The molecule has 0 fully saturated rings. The summed E-state index contributed by atoms with van der Waals surface area (Å²) in [4.78, 5) is 2.20. The van der Waals surface area contributed by atoms with Gasteiger partial charge in [0.1, 0.15) is 11.5 Å². The minimum atomic E-state index is 0. The van der Waals surface area contributed by atoms with Crippen molar-refractivity contribution >= 4 is 18.0 Å². The molecule has 1 aliphatic rings. The first-order chi connectivity index (χ1) is 11.0. The molecule has 24 heavy (non-hydrogen) atoms. The topological polar surface area (TPSA) is 43.7 Å². The van der Waals surface area contributed by atoms with Crippen molar-refractivity contribution in [1.82, 2.24) is 4.90 Å². The van der Waals surface area contributed by atoms with Crippen molar-refractivity contribution < 1.29 is 10.2 Å². The van der Waals surface area contributed by atoms with Crippen LogP contribution in [0.15, 0.2) is 48.0 Å². The number of hydrogen-bond donors (Lipinski definition) is 2. The number of aromatic hydroxyl groups is 2. The number of fused-ring (bicyclic) bond motifs is 1. The number of allylic oxidation sites excluding steroid dienone is 1. The van der Waals surface area contributed by atoms with Gasteiger partial charge in [-0.15, -0.1) is 12.4 Å². The van der Waals surface area contributed by atoms with E-state index in [1.165, 1.54) is 22.3 Å². The molecule has 2 aromatic carbocycles. The molecule has 0 unspecified atom stereocenters. The van der Waals surface area contributed by atoms with Crippen LogP contribution in [0.25, 0.3) is 5.57 Å². The zero-order valence-electron chi connectivity index (χ0n) is 14.1. The molecule has 4 heteroatoms. The molecule has 0 amide bonds. The summed E-state index contributed by atoms with van der Waals surface area (Å²) in [5.74, 6) is 0.635. The summed E-state index contributed by atoms with van der Waals surface area (Å²) in [6, 6.07) is 13.1. The number of aryl methyl sites for hydroxylation is 1. The standard InChI is InChI=1S/C20H23NO2.ClH/c1-21(2)13-16-7-6-15-12-18(23)8-9-19(15)20(16)11-14-4-3-5-17(22)10-14;/h3-5,8-10,12,22-23H,6-7,11,13H2,1-2H3;1H. The maximum Gasteiger partial charge on any atom is 0.115 e. The molecule has 0 heterocycles. The van der Waals surface area contributed by atoms with E-state index in [0.717, 1.165) is 31.4 Å². The Bertz CT molecular complexity index is 753. The van der Waals surface area contributed by atoms with Crippen LogP contribution in [0.5, 0.6) is 11.5 Å². The molecule has 3 rings (SSSR count). The number of halogens is 1.